The van der Waals surface area contributed by atoms with Gasteiger partial charge in [0.15, 0.2) is 0 Å². The van der Waals surface area contributed by atoms with E-state index in [2.05, 4.69) is 5.32 Å². The SMILES string of the molecule is N[C@@H]1CCC[C@@H]1NC(=O)OCc1ccccc1. The van der Waals surface area contributed by atoms with Crippen molar-refractivity contribution in [3.05, 3.63) is 35.9 Å². The van der Waals surface area contributed by atoms with Crippen LogP contribution in [-0.2, 0) is 11.3 Å². The van der Waals surface area contributed by atoms with Gasteiger partial charge in [0.2, 0.25) is 0 Å². The largest absolute Gasteiger partial charge is 0.445 e. The number of nitrogens with one attached hydrogen (secondary N) is 1. The Morgan fingerprint density at radius 3 is 2.76 bits per heavy atom. The summed E-state index contributed by atoms with van der Waals surface area (Å²) in [6, 6.07) is 9.76. The molecule has 0 bridgehead atoms. The van der Waals surface area contributed by atoms with Crippen LogP contribution >= 0.6 is 0 Å². The van der Waals surface area contributed by atoms with Crippen molar-refractivity contribution in [1.82, 2.24) is 5.32 Å². The summed E-state index contributed by atoms with van der Waals surface area (Å²) in [4.78, 5) is 11.5. The van der Waals surface area contributed by atoms with Gasteiger partial charge in [-0.1, -0.05) is 30.3 Å². The molecular weight excluding hydrogens is 216 g/mol. The van der Waals surface area contributed by atoms with Gasteiger partial charge in [0.25, 0.3) is 0 Å². The predicted molar refractivity (Wildman–Crippen MR) is 65.4 cm³/mol. The Morgan fingerprint density at radius 1 is 1.35 bits per heavy atom. The number of benzene rings is 1. The minimum atomic E-state index is -0.379. The molecule has 0 saturated heterocycles. The first-order valence-electron chi connectivity index (χ1n) is 5.98. The van der Waals surface area contributed by atoms with Gasteiger partial charge in [-0.15, -0.1) is 0 Å². The monoisotopic (exact) mass is 234 g/mol. The Kier molecular flexibility index (Phi) is 3.98. The van der Waals surface area contributed by atoms with E-state index in [0.717, 1.165) is 24.8 Å². The highest BCUT2D eigenvalue weighted by Crippen LogP contribution is 2.17. The molecule has 1 saturated carbocycles. The van der Waals surface area contributed by atoms with Crippen molar-refractivity contribution in [3.8, 4) is 0 Å². The van der Waals surface area contributed by atoms with Crippen LogP contribution in [0.3, 0.4) is 0 Å². The molecule has 1 aliphatic carbocycles. The lowest BCUT2D eigenvalue weighted by Crippen LogP contribution is -2.44. The highest BCUT2D eigenvalue weighted by Gasteiger charge is 2.25. The molecule has 1 amide bonds. The van der Waals surface area contributed by atoms with Crippen LogP contribution in [0.5, 0.6) is 0 Å². The number of hydrogen-bond donors (Lipinski definition) is 2. The number of carbonyl (C=O) groups excluding carboxylic acids is 1. The van der Waals surface area contributed by atoms with Crippen molar-refractivity contribution in [3.63, 3.8) is 0 Å². The Balaban J connectivity index is 1.74. The number of rotatable bonds is 3. The maximum Gasteiger partial charge on any atom is 0.407 e. The van der Waals surface area contributed by atoms with Gasteiger partial charge in [0, 0.05) is 12.1 Å². The van der Waals surface area contributed by atoms with E-state index < -0.39 is 0 Å². The summed E-state index contributed by atoms with van der Waals surface area (Å²) in [7, 11) is 0. The van der Waals surface area contributed by atoms with Gasteiger partial charge in [-0.05, 0) is 24.8 Å². The lowest BCUT2D eigenvalue weighted by atomic mass is 10.2. The molecule has 1 aromatic rings. The second-order valence-corrected chi connectivity index (χ2v) is 4.41. The molecule has 0 radical (unpaired) electrons. The summed E-state index contributed by atoms with van der Waals surface area (Å²) >= 11 is 0. The third-order valence-corrected chi connectivity index (χ3v) is 3.09. The van der Waals surface area contributed by atoms with Gasteiger partial charge in [0.1, 0.15) is 6.61 Å². The maximum atomic E-state index is 11.5. The topological polar surface area (TPSA) is 64.3 Å². The van der Waals surface area contributed by atoms with Crippen LogP contribution in [0.25, 0.3) is 0 Å². The summed E-state index contributed by atoms with van der Waals surface area (Å²) in [6.07, 6.45) is 2.62. The molecule has 3 N–H and O–H groups in total. The smallest absolute Gasteiger partial charge is 0.407 e. The van der Waals surface area contributed by atoms with Crippen LogP contribution in [0.15, 0.2) is 30.3 Å². The number of amides is 1. The van der Waals surface area contributed by atoms with Crippen LogP contribution in [0.4, 0.5) is 4.79 Å². The summed E-state index contributed by atoms with van der Waals surface area (Å²) in [6.45, 7) is 0.300. The normalized spacial score (nSPS) is 23.4. The van der Waals surface area contributed by atoms with Crippen LogP contribution in [0.1, 0.15) is 24.8 Å². The number of hydrogen-bond acceptors (Lipinski definition) is 3. The third-order valence-electron chi connectivity index (χ3n) is 3.09. The van der Waals surface area contributed by atoms with Gasteiger partial charge in [-0.3, -0.25) is 0 Å². The van der Waals surface area contributed by atoms with Crippen molar-refractivity contribution in [2.75, 3.05) is 0 Å². The molecule has 0 aromatic heterocycles. The zero-order valence-corrected chi connectivity index (χ0v) is 9.76. The van der Waals surface area contributed by atoms with E-state index >= 15 is 0 Å². The van der Waals surface area contributed by atoms with E-state index in [1.54, 1.807) is 0 Å². The molecular formula is C13H18N2O2. The first kappa shape index (κ1) is 11.9. The maximum absolute atomic E-state index is 11.5. The van der Waals surface area contributed by atoms with E-state index in [0.29, 0.717) is 6.61 Å². The molecule has 2 rings (SSSR count). The molecule has 0 unspecified atom stereocenters. The molecule has 1 fully saturated rings. The van der Waals surface area contributed by atoms with Gasteiger partial charge in [-0.25, -0.2) is 4.79 Å². The number of ether oxygens (including phenoxy) is 1. The van der Waals surface area contributed by atoms with Crippen LogP contribution < -0.4 is 11.1 Å². The molecule has 1 aromatic carbocycles. The molecule has 0 spiro atoms. The summed E-state index contributed by atoms with van der Waals surface area (Å²) in [5, 5.41) is 2.81. The summed E-state index contributed by atoms with van der Waals surface area (Å²) < 4.78 is 5.13. The summed E-state index contributed by atoms with van der Waals surface area (Å²) in [5.74, 6) is 0. The first-order chi connectivity index (χ1) is 8.25. The van der Waals surface area contributed by atoms with Crippen molar-refractivity contribution in [2.45, 2.75) is 38.0 Å². The standard InChI is InChI=1S/C13H18N2O2/c14-11-7-4-8-12(11)15-13(16)17-9-10-5-2-1-3-6-10/h1-3,5-6,11-12H,4,7-9,14H2,(H,15,16)/t11-,12+/m1/s1. The predicted octanol–water partition coefficient (Wildman–Crippen LogP) is 1.79. The summed E-state index contributed by atoms with van der Waals surface area (Å²) in [5.41, 5.74) is 6.85. The average molecular weight is 234 g/mol. The van der Waals surface area contributed by atoms with Crippen LogP contribution in [-0.4, -0.2) is 18.2 Å². The zero-order chi connectivity index (χ0) is 12.1. The molecule has 0 heterocycles. The average Bonchev–Trinajstić information content (AvgIpc) is 2.74. The van der Waals surface area contributed by atoms with Crippen molar-refractivity contribution < 1.29 is 9.53 Å². The minimum Gasteiger partial charge on any atom is -0.445 e. The van der Waals surface area contributed by atoms with Crippen molar-refractivity contribution in [1.29, 1.82) is 0 Å². The number of alkyl carbamates (subject to hydrolysis) is 1. The third kappa shape index (κ3) is 3.46. The molecule has 17 heavy (non-hydrogen) atoms. The molecule has 92 valence electrons. The van der Waals surface area contributed by atoms with E-state index in [9.17, 15) is 4.79 Å². The molecule has 2 atom stereocenters. The molecule has 4 nitrogen and oxygen atoms in total. The fourth-order valence-electron chi connectivity index (χ4n) is 2.08. The Bertz CT molecular complexity index is 367. The Morgan fingerprint density at radius 2 is 2.12 bits per heavy atom. The Labute approximate surface area is 101 Å². The van der Waals surface area contributed by atoms with E-state index in [4.69, 9.17) is 10.5 Å². The second kappa shape index (κ2) is 5.68. The fraction of sp³-hybridized carbons (Fsp3) is 0.462. The van der Waals surface area contributed by atoms with Crippen molar-refractivity contribution in [2.24, 2.45) is 5.73 Å². The van der Waals surface area contributed by atoms with Crippen LogP contribution in [0, 0.1) is 0 Å². The first-order valence-corrected chi connectivity index (χ1v) is 5.98. The van der Waals surface area contributed by atoms with E-state index in [1.165, 1.54) is 0 Å². The second-order valence-electron chi connectivity index (χ2n) is 4.41. The minimum absolute atomic E-state index is 0.0678. The van der Waals surface area contributed by atoms with Gasteiger partial charge in [-0.2, -0.15) is 0 Å². The van der Waals surface area contributed by atoms with Crippen molar-refractivity contribution >= 4 is 6.09 Å². The number of nitrogens with two attached hydrogens (primary N) is 1. The van der Waals surface area contributed by atoms with Gasteiger partial charge in [0.05, 0.1) is 0 Å². The molecule has 4 heteroatoms. The Hall–Kier alpha value is -1.55. The van der Waals surface area contributed by atoms with E-state index in [1.807, 2.05) is 30.3 Å². The van der Waals surface area contributed by atoms with Gasteiger partial charge >= 0.3 is 6.09 Å². The van der Waals surface area contributed by atoms with Crippen LogP contribution in [0.2, 0.25) is 0 Å². The molecule has 0 aliphatic heterocycles. The lowest BCUT2D eigenvalue weighted by molar-refractivity contribution is 0.135. The van der Waals surface area contributed by atoms with E-state index in [-0.39, 0.29) is 18.2 Å². The highest BCUT2D eigenvalue weighted by atomic mass is 16.5. The molecule has 1 aliphatic rings. The quantitative estimate of drug-likeness (QED) is 0.838. The highest BCUT2D eigenvalue weighted by molar-refractivity contribution is 5.67. The number of carbonyl (C=O) groups is 1. The van der Waals surface area contributed by atoms with Gasteiger partial charge < -0.3 is 15.8 Å². The fourth-order valence-corrected chi connectivity index (χ4v) is 2.08. The zero-order valence-electron chi connectivity index (χ0n) is 9.76. The lowest BCUT2D eigenvalue weighted by Gasteiger charge is -2.16.